The number of nitrogens with one attached hydrogen (secondary N) is 4. The number of nitrogens with zero attached hydrogens (tertiary/aromatic N) is 1. The number of hydrogen-bond acceptors (Lipinski definition) is 8. The summed E-state index contributed by atoms with van der Waals surface area (Å²) in [6.07, 6.45) is 4.65. The maximum absolute atomic E-state index is 13.7. The zero-order chi connectivity index (χ0) is 31.2. The molecular formula is C30H39N7O6. The summed E-state index contributed by atoms with van der Waals surface area (Å²) < 4.78 is 0. The van der Waals surface area contributed by atoms with Gasteiger partial charge in [-0.1, -0.05) is 48.9 Å². The van der Waals surface area contributed by atoms with Crippen LogP contribution >= 0.6 is 0 Å². The summed E-state index contributed by atoms with van der Waals surface area (Å²) >= 11 is 0. The normalized spacial score (nSPS) is 13.7. The van der Waals surface area contributed by atoms with E-state index in [0.29, 0.717) is 37.1 Å². The molecule has 3 rings (SSSR count). The minimum Gasteiger partial charge on any atom is -0.508 e. The number of phenols is 1. The Hall–Kier alpha value is -4.75. The van der Waals surface area contributed by atoms with E-state index in [-0.39, 0.29) is 25.0 Å². The molecule has 230 valence electrons. The molecule has 0 spiro atoms. The lowest BCUT2D eigenvalue weighted by molar-refractivity contribution is -0.142. The van der Waals surface area contributed by atoms with E-state index < -0.39 is 47.9 Å². The Kier molecular flexibility index (Phi) is 12.7. The highest BCUT2D eigenvalue weighted by molar-refractivity contribution is 5.94. The lowest BCUT2D eigenvalue weighted by Gasteiger charge is -2.25. The van der Waals surface area contributed by atoms with Gasteiger partial charge in [-0.05, 0) is 42.6 Å². The molecule has 0 aliphatic carbocycles. The van der Waals surface area contributed by atoms with Crippen molar-refractivity contribution in [2.75, 3.05) is 6.54 Å². The van der Waals surface area contributed by atoms with Crippen molar-refractivity contribution < 1.29 is 29.4 Å². The van der Waals surface area contributed by atoms with Gasteiger partial charge in [-0.3, -0.25) is 14.4 Å². The number of phenolic OH excluding ortho intramolecular Hbond substituents is 1. The van der Waals surface area contributed by atoms with Gasteiger partial charge in [-0.15, -0.1) is 0 Å². The van der Waals surface area contributed by atoms with Gasteiger partial charge in [0.15, 0.2) is 0 Å². The van der Waals surface area contributed by atoms with Crippen molar-refractivity contribution >= 4 is 23.7 Å². The number of aromatic nitrogens is 2. The molecule has 1 heterocycles. The summed E-state index contributed by atoms with van der Waals surface area (Å²) in [5.74, 6) is -3.15. The Labute approximate surface area is 249 Å². The lowest BCUT2D eigenvalue weighted by Crippen LogP contribution is -2.58. The zero-order valence-corrected chi connectivity index (χ0v) is 23.7. The Balaban J connectivity index is 1.82. The monoisotopic (exact) mass is 593 g/mol. The molecule has 1 aromatic heterocycles. The second-order valence-electron chi connectivity index (χ2n) is 10.3. The number of unbranched alkanes of at least 4 members (excludes halogenated alkanes) is 1. The van der Waals surface area contributed by atoms with E-state index in [1.54, 1.807) is 36.4 Å². The maximum atomic E-state index is 13.7. The van der Waals surface area contributed by atoms with Crippen molar-refractivity contribution in [1.29, 1.82) is 0 Å². The average Bonchev–Trinajstić information content (AvgIpc) is 3.51. The molecule has 0 radical (unpaired) electrons. The van der Waals surface area contributed by atoms with Crippen molar-refractivity contribution in [1.82, 2.24) is 25.9 Å². The Bertz CT molecular complexity index is 1320. The fourth-order valence-corrected chi connectivity index (χ4v) is 4.42. The van der Waals surface area contributed by atoms with Gasteiger partial charge in [0.2, 0.25) is 17.7 Å². The lowest BCUT2D eigenvalue weighted by atomic mass is 10.0. The molecule has 13 nitrogen and oxygen atoms in total. The summed E-state index contributed by atoms with van der Waals surface area (Å²) in [4.78, 5) is 58.7. The number of rotatable bonds is 17. The SMILES string of the molecule is NCCCCC(N)C(=O)NC(Cc1ccccc1)C(=O)NC(Cc1ccc(O)cc1)C(=O)NC(Cc1cnc[nH]1)C(=O)O. The van der Waals surface area contributed by atoms with Crippen molar-refractivity contribution in [3.05, 3.63) is 83.9 Å². The number of carbonyl (C=O) groups is 4. The molecule has 3 aromatic rings. The molecule has 13 heteroatoms. The first kappa shape index (κ1) is 32.8. The van der Waals surface area contributed by atoms with Gasteiger partial charge in [-0.2, -0.15) is 0 Å². The van der Waals surface area contributed by atoms with Gasteiger partial charge < -0.3 is 42.6 Å². The van der Waals surface area contributed by atoms with Crippen LogP contribution in [0.3, 0.4) is 0 Å². The van der Waals surface area contributed by atoms with Crippen LogP contribution in [0.25, 0.3) is 0 Å². The van der Waals surface area contributed by atoms with Crippen molar-refractivity contribution in [2.24, 2.45) is 11.5 Å². The highest BCUT2D eigenvalue weighted by Gasteiger charge is 2.31. The number of carbonyl (C=O) groups excluding carboxylic acids is 3. The largest absolute Gasteiger partial charge is 0.508 e. The van der Waals surface area contributed by atoms with Crippen LogP contribution in [0.15, 0.2) is 67.1 Å². The Morgan fingerprint density at radius 1 is 0.791 bits per heavy atom. The van der Waals surface area contributed by atoms with E-state index in [4.69, 9.17) is 11.5 Å². The van der Waals surface area contributed by atoms with Gasteiger partial charge >= 0.3 is 5.97 Å². The van der Waals surface area contributed by atoms with Gasteiger partial charge in [0.25, 0.3) is 0 Å². The van der Waals surface area contributed by atoms with Crippen LogP contribution in [0, 0.1) is 0 Å². The predicted octanol–water partition coefficient (Wildman–Crippen LogP) is 0.139. The zero-order valence-electron chi connectivity index (χ0n) is 23.7. The topological polar surface area (TPSA) is 226 Å². The highest BCUT2D eigenvalue weighted by Crippen LogP contribution is 2.13. The van der Waals surface area contributed by atoms with Crippen LogP contribution in [0.1, 0.15) is 36.1 Å². The first-order valence-electron chi connectivity index (χ1n) is 14.0. The molecule has 10 N–H and O–H groups in total. The third-order valence-corrected chi connectivity index (χ3v) is 6.82. The van der Waals surface area contributed by atoms with Crippen LogP contribution in [-0.2, 0) is 38.4 Å². The Morgan fingerprint density at radius 3 is 1.93 bits per heavy atom. The number of amides is 3. The molecule has 0 aliphatic heterocycles. The van der Waals surface area contributed by atoms with Crippen molar-refractivity contribution in [3.63, 3.8) is 0 Å². The quantitative estimate of drug-likeness (QED) is 0.0995. The van der Waals surface area contributed by atoms with Crippen molar-refractivity contribution in [2.45, 2.75) is 62.7 Å². The molecule has 43 heavy (non-hydrogen) atoms. The number of hydrogen-bond donors (Lipinski definition) is 8. The molecule has 3 amide bonds. The number of aromatic amines is 1. The van der Waals surface area contributed by atoms with Crippen LogP contribution in [0.4, 0.5) is 0 Å². The molecule has 0 fully saturated rings. The van der Waals surface area contributed by atoms with E-state index >= 15 is 0 Å². The molecular weight excluding hydrogens is 554 g/mol. The fraction of sp³-hybridized carbons (Fsp3) is 0.367. The van der Waals surface area contributed by atoms with E-state index in [1.807, 2.05) is 6.07 Å². The van der Waals surface area contributed by atoms with Gasteiger partial charge in [0.05, 0.1) is 12.4 Å². The minimum absolute atomic E-state index is 0.0150. The average molecular weight is 594 g/mol. The number of carboxylic acid groups (broad SMARTS) is 1. The van der Waals surface area contributed by atoms with Gasteiger partial charge in [0, 0.05) is 31.2 Å². The van der Waals surface area contributed by atoms with Gasteiger partial charge in [-0.25, -0.2) is 9.78 Å². The molecule has 0 aliphatic rings. The fourth-order valence-electron chi connectivity index (χ4n) is 4.42. The smallest absolute Gasteiger partial charge is 0.326 e. The molecule has 4 unspecified atom stereocenters. The van der Waals surface area contributed by atoms with E-state index in [1.165, 1.54) is 24.7 Å². The van der Waals surface area contributed by atoms with E-state index in [0.717, 1.165) is 5.56 Å². The summed E-state index contributed by atoms with van der Waals surface area (Å²) in [5, 5.41) is 27.4. The highest BCUT2D eigenvalue weighted by atomic mass is 16.4. The standard InChI is InChI=1S/C30H39N7O6/c31-13-5-4-8-23(32)27(39)35-24(14-19-6-2-1-3-7-19)28(40)36-25(15-20-9-11-22(38)12-10-20)29(41)37-26(30(42)43)16-21-17-33-18-34-21/h1-3,6-7,9-12,17-18,23-26,38H,4-5,8,13-16,31-32H2,(H,33,34)(H,35,39)(H,36,40)(H,37,41)(H,42,43). The molecule has 0 bridgehead atoms. The summed E-state index contributed by atoms with van der Waals surface area (Å²) in [5.41, 5.74) is 13.5. The van der Waals surface area contributed by atoms with Crippen LogP contribution in [0.2, 0.25) is 0 Å². The van der Waals surface area contributed by atoms with E-state index in [2.05, 4.69) is 25.9 Å². The molecule has 4 atom stereocenters. The van der Waals surface area contributed by atoms with Gasteiger partial charge in [0.1, 0.15) is 23.9 Å². The third kappa shape index (κ3) is 10.9. The molecule has 0 saturated carbocycles. The maximum Gasteiger partial charge on any atom is 0.326 e. The number of benzene rings is 2. The van der Waals surface area contributed by atoms with Crippen molar-refractivity contribution in [3.8, 4) is 5.75 Å². The van der Waals surface area contributed by atoms with Crippen LogP contribution < -0.4 is 27.4 Å². The Morgan fingerprint density at radius 2 is 1.37 bits per heavy atom. The number of aromatic hydroxyl groups is 1. The number of aliphatic carboxylic acids is 1. The minimum atomic E-state index is -1.31. The van der Waals surface area contributed by atoms with Crippen LogP contribution in [0.5, 0.6) is 5.75 Å². The second kappa shape index (κ2) is 16.6. The molecule has 0 saturated heterocycles. The van der Waals surface area contributed by atoms with E-state index in [9.17, 15) is 29.4 Å². The number of H-pyrrole nitrogens is 1. The summed E-state index contributed by atoms with van der Waals surface area (Å²) in [6, 6.07) is 10.6. The number of imidazole rings is 1. The van der Waals surface area contributed by atoms with Crippen LogP contribution in [-0.4, -0.2) is 74.6 Å². The number of carboxylic acids is 1. The second-order valence-corrected chi connectivity index (χ2v) is 10.3. The predicted molar refractivity (Wildman–Crippen MR) is 159 cm³/mol. The molecule has 2 aromatic carbocycles. The third-order valence-electron chi connectivity index (χ3n) is 6.82. The summed E-state index contributed by atoms with van der Waals surface area (Å²) in [7, 11) is 0. The first-order chi connectivity index (χ1) is 20.7. The first-order valence-corrected chi connectivity index (χ1v) is 14.0. The number of nitrogens with two attached hydrogens (primary N) is 2. The summed E-state index contributed by atoms with van der Waals surface area (Å²) in [6.45, 7) is 0.475.